The second kappa shape index (κ2) is 7.63. The van der Waals surface area contributed by atoms with Gasteiger partial charge in [-0.2, -0.15) is 11.8 Å². The summed E-state index contributed by atoms with van der Waals surface area (Å²) < 4.78 is 5.65. The Hall–Kier alpha value is -0.550. The number of aliphatic hydroxyl groups excluding tert-OH is 1. The highest BCUT2D eigenvalue weighted by molar-refractivity contribution is 8.00. The first-order chi connectivity index (χ1) is 10.1. The summed E-state index contributed by atoms with van der Waals surface area (Å²) in [5.74, 6) is 0.851. The lowest BCUT2D eigenvalue weighted by Crippen LogP contribution is -2.51. The number of hydrogen-bond donors (Lipinski definition) is 2. The molecule has 4 heteroatoms. The molecule has 2 rings (SSSR count). The van der Waals surface area contributed by atoms with E-state index in [4.69, 9.17) is 4.74 Å². The molecular formula is C17H27NO2S. The second-order valence-electron chi connectivity index (χ2n) is 6.12. The van der Waals surface area contributed by atoms with Crippen LogP contribution in [0.3, 0.4) is 0 Å². The molecule has 3 nitrogen and oxygen atoms in total. The molecule has 1 aliphatic rings. The molecule has 3 atom stereocenters. The van der Waals surface area contributed by atoms with Gasteiger partial charge in [0.2, 0.25) is 0 Å². The average molecular weight is 309 g/mol. The standard InChI is InChI=1S/C17H27NO2S/c1-13(2)18-17(11-19,15-7-5-4-6-8-15)12-21-16-9-10-20-14(16)3/h4-8,13-14,16,18-19H,9-12H2,1-3H3. The molecule has 1 aromatic rings. The molecule has 2 N–H and O–H groups in total. The fourth-order valence-corrected chi connectivity index (χ4v) is 4.33. The van der Waals surface area contributed by atoms with Crippen LogP contribution in [0.5, 0.6) is 0 Å². The van der Waals surface area contributed by atoms with Gasteiger partial charge in [0.1, 0.15) is 0 Å². The molecule has 1 fully saturated rings. The summed E-state index contributed by atoms with van der Waals surface area (Å²) in [6, 6.07) is 10.6. The highest BCUT2D eigenvalue weighted by Crippen LogP contribution is 2.33. The normalized spacial score (nSPS) is 25.2. The topological polar surface area (TPSA) is 41.5 Å². The zero-order chi connectivity index (χ0) is 15.3. The fraction of sp³-hybridized carbons (Fsp3) is 0.647. The van der Waals surface area contributed by atoms with Crippen LogP contribution in [0.4, 0.5) is 0 Å². The van der Waals surface area contributed by atoms with Gasteiger partial charge in [0.05, 0.1) is 18.2 Å². The van der Waals surface area contributed by atoms with Gasteiger partial charge >= 0.3 is 0 Å². The van der Waals surface area contributed by atoms with Crippen LogP contribution in [0.2, 0.25) is 0 Å². The summed E-state index contributed by atoms with van der Waals surface area (Å²) >= 11 is 1.91. The minimum absolute atomic E-state index is 0.101. The maximum absolute atomic E-state index is 10.1. The molecule has 0 bridgehead atoms. The third-order valence-corrected chi connectivity index (χ3v) is 5.72. The lowest BCUT2D eigenvalue weighted by Gasteiger charge is -2.36. The number of nitrogens with one attached hydrogen (secondary N) is 1. The summed E-state index contributed by atoms with van der Waals surface area (Å²) in [5, 5.41) is 14.2. The van der Waals surface area contributed by atoms with Crippen LogP contribution >= 0.6 is 11.8 Å². The molecule has 1 aliphatic heterocycles. The average Bonchev–Trinajstić information content (AvgIpc) is 2.89. The van der Waals surface area contributed by atoms with Crippen molar-refractivity contribution in [3.8, 4) is 0 Å². The van der Waals surface area contributed by atoms with Crippen LogP contribution in [-0.4, -0.2) is 41.5 Å². The third kappa shape index (κ3) is 4.22. The summed E-state index contributed by atoms with van der Waals surface area (Å²) in [4.78, 5) is 0. The lowest BCUT2D eigenvalue weighted by atomic mass is 9.92. The smallest absolute Gasteiger partial charge is 0.0762 e. The quantitative estimate of drug-likeness (QED) is 0.813. The second-order valence-corrected chi connectivity index (χ2v) is 7.35. The van der Waals surface area contributed by atoms with Gasteiger partial charge in [0, 0.05) is 23.7 Å². The minimum Gasteiger partial charge on any atom is -0.394 e. The predicted octanol–water partition coefficient (Wildman–Crippen LogP) is 2.78. The predicted molar refractivity (Wildman–Crippen MR) is 89.8 cm³/mol. The van der Waals surface area contributed by atoms with E-state index in [1.54, 1.807) is 0 Å². The van der Waals surface area contributed by atoms with Gasteiger partial charge in [-0.3, -0.25) is 0 Å². The molecule has 1 heterocycles. The van der Waals surface area contributed by atoms with Gasteiger partial charge in [-0.05, 0) is 32.8 Å². The van der Waals surface area contributed by atoms with Crippen molar-refractivity contribution in [3.63, 3.8) is 0 Å². The van der Waals surface area contributed by atoms with E-state index in [0.29, 0.717) is 17.4 Å². The maximum atomic E-state index is 10.1. The van der Waals surface area contributed by atoms with Crippen LogP contribution in [0.15, 0.2) is 30.3 Å². The van der Waals surface area contributed by atoms with Crippen molar-refractivity contribution >= 4 is 11.8 Å². The van der Waals surface area contributed by atoms with Crippen LogP contribution in [-0.2, 0) is 10.3 Å². The highest BCUT2D eigenvalue weighted by atomic mass is 32.2. The first-order valence-electron chi connectivity index (χ1n) is 7.75. The Kier molecular flexibility index (Phi) is 6.11. The van der Waals surface area contributed by atoms with Gasteiger partial charge < -0.3 is 15.2 Å². The Morgan fingerprint density at radius 1 is 1.38 bits per heavy atom. The van der Waals surface area contributed by atoms with Crippen LogP contribution in [0.25, 0.3) is 0 Å². The molecule has 0 saturated carbocycles. The third-order valence-electron chi connectivity index (χ3n) is 4.01. The Morgan fingerprint density at radius 3 is 2.62 bits per heavy atom. The van der Waals surface area contributed by atoms with Crippen molar-refractivity contribution < 1.29 is 9.84 Å². The number of ether oxygens (including phenoxy) is 1. The lowest BCUT2D eigenvalue weighted by molar-refractivity contribution is 0.127. The fourth-order valence-electron chi connectivity index (χ4n) is 2.88. The van der Waals surface area contributed by atoms with Crippen LogP contribution < -0.4 is 5.32 Å². The van der Waals surface area contributed by atoms with Crippen molar-refractivity contribution in [1.29, 1.82) is 0 Å². The van der Waals surface area contributed by atoms with E-state index in [1.807, 2.05) is 30.0 Å². The van der Waals surface area contributed by atoms with Gasteiger partial charge in [-0.1, -0.05) is 30.3 Å². The first kappa shape index (κ1) is 16.8. The molecule has 0 radical (unpaired) electrons. The Morgan fingerprint density at radius 2 is 2.10 bits per heavy atom. The molecule has 3 unspecified atom stereocenters. The molecule has 1 saturated heterocycles. The van der Waals surface area contributed by atoms with Crippen LogP contribution in [0.1, 0.15) is 32.8 Å². The van der Waals surface area contributed by atoms with E-state index in [0.717, 1.165) is 24.3 Å². The number of hydrogen-bond acceptors (Lipinski definition) is 4. The minimum atomic E-state index is -0.387. The molecule has 0 aliphatic carbocycles. The highest BCUT2D eigenvalue weighted by Gasteiger charge is 2.35. The maximum Gasteiger partial charge on any atom is 0.0762 e. The summed E-state index contributed by atoms with van der Waals surface area (Å²) in [6.07, 6.45) is 1.41. The molecule has 118 valence electrons. The van der Waals surface area contributed by atoms with E-state index in [2.05, 4.69) is 38.2 Å². The van der Waals surface area contributed by atoms with Gasteiger partial charge in [-0.15, -0.1) is 0 Å². The van der Waals surface area contributed by atoms with Gasteiger partial charge in [0.15, 0.2) is 0 Å². The largest absolute Gasteiger partial charge is 0.394 e. The summed E-state index contributed by atoms with van der Waals surface area (Å²) in [5.41, 5.74) is 0.767. The zero-order valence-corrected chi connectivity index (χ0v) is 14.0. The first-order valence-corrected chi connectivity index (χ1v) is 8.79. The number of benzene rings is 1. The Bertz CT molecular complexity index is 426. The molecule has 0 spiro atoms. The molecule has 21 heavy (non-hydrogen) atoms. The Labute approximate surface area is 132 Å². The molecule has 0 aromatic heterocycles. The summed E-state index contributed by atoms with van der Waals surface area (Å²) in [6.45, 7) is 7.35. The van der Waals surface area contributed by atoms with Crippen molar-refractivity contribution in [3.05, 3.63) is 35.9 Å². The Balaban J connectivity index is 2.14. The van der Waals surface area contributed by atoms with Crippen molar-refractivity contribution in [2.45, 2.75) is 50.1 Å². The van der Waals surface area contributed by atoms with Crippen molar-refractivity contribution in [1.82, 2.24) is 5.32 Å². The monoisotopic (exact) mass is 309 g/mol. The SMILES string of the molecule is CC(C)NC(CO)(CSC1CCOC1C)c1ccccc1. The van der Waals surface area contributed by atoms with E-state index in [9.17, 15) is 5.11 Å². The van der Waals surface area contributed by atoms with Gasteiger partial charge in [-0.25, -0.2) is 0 Å². The number of aliphatic hydroxyl groups is 1. The van der Waals surface area contributed by atoms with E-state index in [1.165, 1.54) is 0 Å². The van der Waals surface area contributed by atoms with E-state index >= 15 is 0 Å². The summed E-state index contributed by atoms with van der Waals surface area (Å²) in [7, 11) is 0. The van der Waals surface area contributed by atoms with E-state index in [-0.39, 0.29) is 12.1 Å². The number of thioether (sulfide) groups is 1. The zero-order valence-electron chi connectivity index (χ0n) is 13.2. The van der Waals surface area contributed by atoms with Crippen LogP contribution in [0, 0.1) is 0 Å². The van der Waals surface area contributed by atoms with E-state index < -0.39 is 0 Å². The molecule has 1 aromatic carbocycles. The number of rotatable bonds is 7. The van der Waals surface area contributed by atoms with Gasteiger partial charge in [0.25, 0.3) is 0 Å². The van der Waals surface area contributed by atoms with Crippen molar-refractivity contribution in [2.24, 2.45) is 0 Å². The molecule has 0 amide bonds. The molecular weight excluding hydrogens is 282 g/mol. The van der Waals surface area contributed by atoms with Crippen molar-refractivity contribution in [2.75, 3.05) is 19.0 Å².